The zero-order valence-electron chi connectivity index (χ0n) is 19.7. The van der Waals surface area contributed by atoms with Crippen molar-refractivity contribution in [3.05, 3.63) is 35.5 Å². The molecule has 1 aromatic heterocycles. The molecule has 0 spiro atoms. The number of aromatic nitrogens is 2. The van der Waals surface area contributed by atoms with Gasteiger partial charge in [0.05, 0.1) is 14.2 Å². The Labute approximate surface area is 197 Å². The van der Waals surface area contributed by atoms with E-state index in [0.29, 0.717) is 28.8 Å². The third kappa shape index (κ3) is 6.24. The van der Waals surface area contributed by atoms with Crippen molar-refractivity contribution in [2.75, 3.05) is 14.2 Å². The Balaban J connectivity index is 1.54. The van der Waals surface area contributed by atoms with Crippen LogP contribution in [0.5, 0.6) is 11.5 Å². The summed E-state index contributed by atoms with van der Waals surface area (Å²) in [6, 6.07) is 4.67. The molecule has 184 valence electrons. The van der Waals surface area contributed by atoms with E-state index in [2.05, 4.69) is 26.3 Å². The minimum atomic E-state index is -0.639. The Kier molecular flexibility index (Phi) is 8.44. The van der Waals surface area contributed by atoms with Gasteiger partial charge < -0.3 is 19.3 Å². The summed E-state index contributed by atoms with van der Waals surface area (Å²) in [6.45, 7) is 1.48. The van der Waals surface area contributed by atoms with Gasteiger partial charge in [0.15, 0.2) is 17.3 Å². The number of hydrazine groups is 1. The topological polar surface area (TPSA) is 145 Å². The normalized spacial score (nSPS) is 15.0. The number of rotatable bonds is 8. The second kappa shape index (κ2) is 11.5. The Hall–Kier alpha value is -3.63. The second-order valence-electron chi connectivity index (χ2n) is 8.26. The number of hydrogen-bond acceptors (Lipinski definition) is 8. The predicted molar refractivity (Wildman–Crippen MR) is 121 cm³/mol. The highest BCUT2D eigenvalue weighted by atomic mass is 16.5. The maximum absolute atomic E-state index is 12.3. The largest absolute Gasteiger partial charge is 0.493 e. The summed E-state index contributed by atoms with van der Waals surface area (Å²) in [7, 11) is 2.97. The first kappa shape index (κ1) is 25.0. The summed E-state index contributed by atoms with van der Waals surface area (Å²) in [5.74, 6) is 0.579. The van der Waals surface area contributed by atoms with Crippen LogP contribution >= 0.6 is 0 Å². The Bertz CT molecular complexity index is 1010. The average Bonchev–Trinajstić information content (AvgIpc) is 3.20. The predicted octanol–water partition coefficient (Wildman–Crippen LogP) is 2.17. The van der Waals surface area contributed by atoms with Crippen LogP contribution in [0.4, 0.5) is 0 Å². The van der Waals surface area contributed by atoms with E-state index in [1.54, 1.807) is 12.1 Å². The molecule has 1 fully saturated rings. The Morgan fingerprint density at radius 3 is 2.38 bits per heavy atom. The molecule has 1 aromatic carbocycles. The minimum Gasteiger partial charge on any atom is -0.493 e. The zero-order chi connectivity index (χ0) is 24.6. The highest BCUT2D eigenvalue weighted by Gasteiger charge is 2.38. The molecule has 2 aromatic rings. The van der Waals surface area contributed by atoms with Crippen LogP contribution in [0, 0.1) is 0 Å². The number of carbonyl (C=O) groups is 3. The molecule has 3 rings (SSSR count). The number of methoxy groups -OCH3 is 2. The average molecular weight is 474 g/mol. The molecule has 1 aliphatic carbocycles. The van der Waals surface area contributed by atoms with Crippen LogP contribution < -0.4 is 25.6 Å². The molecule has 0 aliphatic heterocycles. The molecular weight excluding hydrogens is 442 g/mol. The monoisotopic (exact) mass is 473 g/mol. The number of ether oxygens (including phenoxy) is 2. The van der Waals surface area contributed by atoms with Gasteiger partial charge >= 0.3 is 0 Å². The molecule has 3 amide bonds. The summed E-state index contributed by atoms with van der Waals surface area (Å²) in [4.78, 5) is 40.8. The number of benzene rings is 1. The number of amides is 3. The van der Waals surface area contributed by atoms with Gasteiger partial charge in [0.25, 0.3) is 5.91 Å². The van der Waals surface area contributed by atoms with Gasteiger partial charge in [-0.2, -0.15) is 4.98 Å². The number of nitrogens with one attached hydrogen (secondary N) is 3. The van der Waals surface area contributed by atoms with Crippen LogP contribution in [0.25, 0.3) is 0 Å². The van der Waals surface area contributed by atoms with Crippen LogP contribution in [-0.4, -0.2) is 42.1 Å². The summed E-state index contributed by atoms with van der Waals surface area (Å²) >= 11 is 0. The van der Waals surface area contributed by atoms with E-state index in [-0.39, 0.29) is 18.7 Å². The Morgan fingerprint density at radius 1 is 1.03 bits per heavy atom. The number of aryl methyl sites for hydroxylation is 1. The van der Waals surface area contributed by atoms with Gasteiger partial charge in [-0.3, -0.25) is 25.2 Å². The van der Waals surface area contributed by atoms with Crippen LogP contribution in [0.15, 0.2) is 22.7 Å². The van der Waals surface area contributed by atoms with E-state index in [1.165, 1.54) is 27.2 Å². The molecule has 0 atom stereocenters. The van der Waals surface area contributed by atoms with E-state index in [9.17, 15) is 14.4 Å². The molecular formula is C23H31N5O6. The van der Waals surface area contributed by atoms with Crippen molar-refractivity contribution in [2.24, 2.45) is 0 Å². The van der Waals surface area contributed by atoms with Crippen LogP contribution in [0.3, 0.4) is 0 Å². The smallest absolute Gasteiger partial charge is 0.269 e. The molecule has 3 N–H and O–H groups in total. The summed E-state index contributed by atoms with van der Waals surface area (Å²) in [5, 5.41) is 7.13. The van der Waals surface area contributed by atoms with Crippen LogP contribution in [0.1, 0.15) is 73.9 Å². The highest BCUT2D eigenvalue weighted by Crippen LogP contribution is 2.34. The fourth-order valence-corrected chi connectivity index (χ4v) is 4.08. The van der Waals surface area contributed by atoms with Crippen LogP contribution in [0.2, 0.25) is 0 Å². The van der Waals surface area contributed by atoms with Crippen LogP contribution in [-0.2, 0) is 21.5 Å². The Morgan fingerprint density at radius 2 is 1.74 bits per heavy atom. The first-order chi connectivity index (χ1) is 16.4. The quantitative estimate of drug-likeness (QED) is 0.391. The number of carbonyl (C=O) groups excluding carboxylic acids is 3. The van der Waals surface area contributed by atoms with Gasteiger partial charge in [-0.05, 0) is 31.0 Å². The van der Waals surface area contributed by atoms with E-state index in [4.69, 9.17) is 14.0 Å². The standard InChI is InChI=1S/C23H31N5O6/c1-15(29)25-23(12-6-4-5-7-13-23)22-24-20(34-28-22)11-10-19(30)26-27-21(31)16-8-9-17(32-2)18(14-16)33-3/h8-9,14H,4-7,10-13H2,1-3H3,(H,25,29)(H,26,30)(H,27,31). The molecule has 11 nitrogen and oxygen atoms in total. The first-order valence-electron chi connectivity index (χ1n) is 11.3. The van der Waals surface area contributed by atoms with E-state index >= 15 is 0 Å². The summed E-state index contributed by atoms with van der Waals surface area (Å²) in [6.07, 6.45) is 5.84. The molecule has 1 heterocycles. The minimum absolute atomic E-state index is 0.0288. The van der Waals surface area contributed by atoms with E-state index < -0.39 is 17.4 Å². The third-order valence-corrected chi connectivity index (χ3v) is 5.80. The van der Waals surface area contributed by atoms with Crippen molar-refractivity contribution in [1.29, 1.82) is 0 Å². The van der Waals surface area contributed by atoms with Crippen molar-refractivity contribution in [2.45, 2.75) is 63.8 Å². The molecule has 0 unspecified atom stereocenters. The first-order valence-corrected chi connectivity index (χ1v) is 11.3. The molecule has 11 heteroatoms. The van der Waals surface area contributed by atoms with Crippen molar-refractivity contribution in [1.82, 2.24) is 26.3 Å². The molecule has 0 bridgehead atoms. The molecule has 34 heavy (non-hydrogen) atoms. The fourth-order valence-electron chi connectivity index (χ4n) is 4.08. The van der Waals surface area contributed by atoms with Gasteiger partial charge in [-0.1, -0.05) is 30.8 Å². The molecule has 0 radical (unpaired) electrons. The molecule has 1 saturated carbocycles. The van der Waals surface area contributed by atoms with Crippen molar-refractivity contribution >= 4 is 17.7 Å². The van der Waals surface area contributed by atoms with Crippen molar-refractivity contribution < 1.29 is 28.4 Å². The number of nitrogens with zero attached hydrogens (tertiary/aromatic N) is 2. The van der Waals surface area contributed by atoms with Gasteiger partial charge in [0.1, 0.15) is 5.54 Å². The van der Waals surface area contributed by atoms with Gasteiger partial charge in [0.2, 0.25) is 17.7 Å². The number of hydrogen-bond donors (Lipinski definition) is 3. The lowest BCUT2D eigenvalue weighted by Gasteiger charge is -2.30. The highest BCUT2D eigenvalue weighted by molar-refractivity contribution is 5.96. The van der Waals surface area contributed by atoms with E-state index in [0.717, 1.165) is 38.5 Å². The second-order valence-corrected chi connectivity index (χ2v) is 8.26. The van der Waals surface area contributed by atoms with Gasteiger partial charge in [-0.25, -0.2) is 0 Å². The zero-order valence-corrected chi connectivity index (χ0v) is 19.7. The van der Waals surface area contributed by atoms with Gasteiger partial charge in [-0.15, -0.1) is 0 Å². The summed E-state index contributed by atoms with van der Waals surface area (Å²) in [5.41, 5.74) is 4.40. The maximum atomic E-state index is 12.3. The lowest BCUT2D eigenvalue weighted by molar-refractivity contribution is -0.122. The lowest BCUT2D eigenvalue weighted by atomic mass is 9.89. The maximum Gasteiger partial charge on any atom is 0.269 e. The van der Waals surface area contributed by atoms with Gasteiger partial charge in [0, 0.05) is 25.3 Å². The molecule has 1 aliphatic rings. The van der Waals surface area contributed by atoms with E-state index in [1.807, 2.05) is 0 Å². The van der Waals surface area contributed by atoms with Crippen molar-refractivity contribution in [3.8, 4) is 11.5 Å². The van der Waals surface area contributed by atoms with Crippen molar-refractivity contribution in [3.63, 3.8) is 0 Å². The fraction of sp³-hybridized carbons (Fsp3) is 0.522. The summed E-state index contributed by atoms with van der Waals surface area (Å²) < 4.78 is 15.7. The third-order valence-electron chi connectivity index (χ3n) is 5.80. The lowest BCUT2D eigenvalue weighted by Crippen LogP contribution is -2.45. The SMILES string of the molecule is COc1ccc(C(=O)NNC(=O)CCc2nc(C3(NC(C)=O)CCCCCC3)no2)cc1OC. The molecule has 0 saturated heterocycles.